The van der Waals surface area contributed by atoms with Gasteiger partial charge in [-0.2, -0.15) is 0 Å². The number of nitrogens with zero attached hydrogens (tertiary/aromatic N) is 3. The van der Waals surface area contributed by atoms with E-state index in [1.54, 1.807) is 0 Å². The Bertz CT molecular complexity index is 2490. The van der Waals surface area contributed by atoms with Gasteiger partial charge in [-0.15, -0.1) is 0 Å². The maximum Gasteiger partial charge on any atom is 0.145 e. The van der Waals surface area contributed by atoms with Gasteiger partial charge in [0.2, 0.25) is 0 Å². The Labute approximate surface area is 285 Å². The summed E-state index contributed by atoms with van der Waals surface area (Å²) in [7, 11) is 0. The molecular formula is C45H32N4. The predicted molar refractivity (Wildman–Crippen MR) is 203 cm³/mol. The Morgan fingerprint density at radius 3 is 1.84 bits per heavy atom. The Morgan fingerprint density at radius 2 is 1.08 bits per heavy atom. The summed E-state index contributed by atoms with van der Waals surface area (Å²) in [6.07, 6.45) is 2.22. The Hall–Kier alpha value is -6.52. The van der Waals surface area contributed by atoms with Crippen molar-refractivity contribution in [3.8, 4) is 28.2 Å². The maximum atomic E-state index is 5.20. The summed E-state index contributed by atoms with van der Waals surface area (Å²) in [5.74, 6) is 1.80. The molecule has 1 aliphatic rings. The minimum Gasteiger partial charge on any atom is -0.359 e. The molecule has 4 nitrogen and oxygen atoms in total. The topological polar surface area (TPSA) is 42.2 Å². The molecule has 0 fully saturated rings. The number of hydrogen-bond acceptors (Lipinski definition) is 3. The molecule has 232 valence electrons. The number of aromatic nitrogens is 2. The minimum absolute atomic E-state index is 0.00465. The zero-order valence-corrected chi connectivity index (χ0v) is 26.7. The first-order valence-corrected chi connectivity index (χ1v) is 16.6. The first-order valence-electron chi connectivity index (χ1n) is 16.6. The number of fused-ring (bicyclic) bond motifs is 2. The third-order valence-electron chi connectivity index (χ3n) is 9.29. The van der Waals surface area contributed by atoms with E-state index in [0.29, 0.717) is 0 Å². The van der Waals surface area contributed by atoms with Crippen molar-refractivity contribution in [1.82, 2.24) is 14.9 Å². The first kappa shape index (κ1) is 28.7. The molecule has 1 atom stereocenters. The second-order valence-corrected chi connectivity index (χ2v) is 12.3. The summed E-state index contributed by atoms with van der Waals surface area (Å²) >= 11 is 0. The van der Waals surface area contributed by atoms with Crippen LogP contribution in [-0.2, 0) is 0 Å². The van der Waals surface area contributed by atoms with E-state index < -0.39 is 0 Å². The van der Waals surface area contributed by atoms with Crippen LogP contribution in [0, 0.1) is 0 Å². The molecule has 0 spiro atoms. The van der Waals surface area contributed by atoms with Crippen LogP contribution in [0.25, 0.3) is 55.7 Å². The number of para-hydroxylation sites is 3. The normalized spacial score (nSPS) is 14.3. The van der Waals surface area contributed by atoms with Gasteiger partial charge in [0.1, 0.15) is 11.7 Å². The van der Waals surface area contributed by atoms with Gasteiger partial charge in [-0.3, -0.25) is 4.57 Å². The molecule has 0 saturated carbocycles. The molecule has 1 unspecified atom stereocenters. The standard InChI is InChI=1S/C45H32N4/c1-4-14-32(15-5-1)41-30-42(33-16-6-2-7-17-33)47-44(46-41)39-29-28-36(37-20-10-11-21-38(37)39)31-24-26-34(27-25-31)45-48-40-22-12-13-23-43(40)49(45)35-18-8-3-9-19-35/h1-30,41H,(H,46,47). The average Bonchev–Trinajstić information content (AvgIpc) is 3.58. The lowest BCUT2D eigenvalue weighted by molar-refractivity contribution is 0.781. The second-order valence-electron chi connectivity index (χ2n) is 12.3. The third-order valence-corrected chi connectivity index (χ3v) is 9.29. The van der Waals surface area contributed by atoms with Gasteiger partial charge in [-0.05, 0) is 63.4 Å². The highest BCUT2D eigenvalue weighted by molar-refractivity contribution is 6.15. The smallest absolute Gasteiger partial charge is 0.145 e. The van der Waals surface area contributed by atoms with Gasteiger partial charge in [-0.25, -0.2) is 9.98 Å². The van der Waals surface area contributed by atoms with Crippen LogP contribution in [0.15, 0.2) is 187 Å². The molecule has 9 rings (SSSR count). The maximum absolute atomic E-state index is 5.20. The molecule has 1 aromatic heterocycles. The lowest BCUT2D eigenvalue weighted by atomic mass is 9.93. The minimum atomic E-state index is -0.00465. The van der Waals surface area contributed by atoms with E-state index in [0.717, 1.165) is 61.7 Å². The highest BCUT2D eigenvalue weighted by atomic mass is 15.1. The third kappa shape index (κ3) is 5.30. The predicted octanol–water partition coefficient (Wildman–Crippen LogP) is 10.6. The van der Waals surface area contributed by atoms with Crippen LogP contribution < -0.4 is 5.32 Å². The van der Waals surface area contributed by atoms with Crippen molar-refractivity contribution in [3.05, 3.63) is 199 Å². The number of hydrogen-bond donors (Lipinski definition) is 1. The molecule has 8 aromatic rings. The van der Waals surface area contributed by atoms with Crippen LogP contribution >= 0.6 is 0 Å². The Kier molecular flexibility index (Phi) is 7.17. The van der Waals surface area contributed by atoms with Crippen LogP contribution in [0.1, 0.15) is 22.7 Å². The van der Waals surface area contributed by atoms with E-state index >= 15 is 0 Å². The summed E-state index contributed by atoms with van der Waals surface area (Å²) < 4.78 is 2.24. The zero-order chi connectivity index (χ0) is 32.6. The van der Waals surface area contributed by atoms with Crippen LogP contribution in [0.5, 0.6) is 0 Å². The fraction of sp³-hybridized carbons (Fsp3) is 0.0222. The first-order chi connectivity index (χ1) is 24.3. The highest BCUT2D eigenvalue weighted by Crippen LogP contribution is 2.36. The van der Waals surface area contributed by atoms with E-state index in [9.17, 15) is 0 Å². The molecule has 0 radical (unpaired) electrons. The molecule has 0 amide bonds. The molecule has 7 aromatic carbocycles. The summed E-state index contributed by atoms with van der Waals surface area (Å²) in [5, 5.41) is 6.09. The largest absolute Gasteiger partial charge is 0.359 e. The Morgan fingerprint density at radius 1 is 0.490 bits per heavy atom. The number of benzene rings is 7. The van der Waals surface area contributed by atoms with Gasteiger partial charge in [0.15, 0.2) is 0 Å². The van der Waals surface area contributed by atoms with Crippen molar-refractivity contribution >= 4 is 33.3 Å². The van der Waals surface area contributed by atoms with E-state index in [1.165, 1.54) is 16.5 Å². The summed E-state index contributed by atoms with van der Waals surface area (Å²) in [6.45, 7) is 0. The van der Waals surface area contributed by atoms with Gasteiger partial charge in [0.05, 0.1) is 22.8 Å². The second kappa shape index (κ2) is 12.3. The molecule has 4 heteroatoms. The lowest BCUT2D eigenvalue weighted by Crippen LogP contribution is -2.31. The molecule has 2 heterocycles. The average molecular weight is 629 g/mol. The van der Waals surface area contributed by atoms with Gasteiger partial charge in [0.25, 0.3) is 0 Å². The number of imidazole rings is 1. The zero-order valence-electron chi connectivity index (χ0n) is 26.7. The van der Waals surface area contributed by atoms with Crippen LogP contribution in [0.2, 0.25) is 0 Å². The molecule has 49 heavy (non-hydrogen) atoms. The van der Waals surface area contributed by atoms with Gasteiger partial charge >= 0.3 is 0 Å². The fourth-order valence-electron chi connectivity index (χ4n) is 6.90. The fourth-order valence-corrected chi connectivity index (χ4v) is 6.90. The SMILES string of the molecule is C1=C(c2ccccc2)N=C(c2ccc(-c3ccc(-c4nc5ccccc5n4-c4ccccc4)cc3)c3ccccc23)NC1c1ccccc1. The molecule has 0 saturated heterocycles. The van der Waals surface area contributed by atoms with Crippen molar-refractivity contribution in [2.45, 2.75) is 6.04 Å². The van der Waals surface area contributed by atoms with Gasteiger partial charge in [-0.1, -0.05) is 152 Å². The van der Waals surface area contributed by atoms with Crippen molar-refractivity contribution < 1.29 is 0 Å². The van der Waals surface area contributed by atoms with E-state index in [1.807, 2.05) is 18.2 Å². The van der Waals surface area contributed by atoms with Crippen molar-refractivity contribution in [3.63, 3.8) is 0 Å². The van der Waals surface area contributed by atoms with Crippen molar-refractivity contribution in [2.75, 3.05) is 0 Å². The molecule has 1 aliphatic heterocycles. The summed E-state index contributed by atoms with van der Waals surface area (Å²) in [5.41, 5.74) is 10.9. The molecule has 0 aliphatic carbocycles. The number of rotatable bonds is 6. The van der Waals surface area contributed by atoms with Crippen molar-refractivity contribution in [2.24, 2.45) is 4.99 Å². The Balaban J connectivity index is 1.12. The van der Waals surface area contributed by atoms with E-state index in [2.05, 4.69) is 174 Å². The quantitative estimate of drug-likeness (QED) is 0.199. The van der Waals surface area contributed by atoms with Crippen LogP contribution in [-0.4, -0.2) is 15.4 Å². The molecular weight excluding hydrogens is 597 g/mol. The number of aliphatic imine (C=N–C) groups is 1. The number of nitrogens with one attached hydrogen (secondary N) is 1. The highest BCUT2D eigenvalue weighted by Gasteiger charge is 2.22. The van der Waals surface area contributed by atoms with Crippen molar-refractivity contribution in [1.29, 1.82) is 0 Å². The molecule has 0 bridgehead atoms. The van der Waals surface area contributed by atoms with Gasteiger partial charge < -0.3 is 5.32 Å². The van der Waals surface area contributed by atoms with E-state index in [4.69, 9.17) is 9.98 Å². The summed E-state index contributed by atoms with van der Waals surface area (Å²) in [4.78, 5) is 10.3. The number of amidine groups is 1. The monoisotopic (exact) mass is 628 g/mol. The summed E-state index contributed by atoms with van der Waals surface area (Å²) in [6, 6.07) is 61.6. The lowest BCUT2D eigenvalue weighted by Gasteiger charge is -2.25. The van der Waals surface area contributed by atoms with E-state index in [-0.39, 0.29) is 6.04 Å². The van der Waals surface area contributed by atoms with Gasteiger partial charge in [0, 0.05) is 16.8 Å². The van der Waals surface area contributed by atoms with Crippen LogP contribution in [0.3, 0.4) is 0 Å². The molecule has 1 N–H and O–H groups in total. The van der Waals surface area contributed by atoms with Crippen LogP contribution in [0.4, 0.5) is 0 Å².